The highest BCUT2D eigenvalue weighted by atomic mass is 32.1. The molecule has 0 fully saturated rings. The molecule has 0 aliphatic heterocycles. The molecule has 2 aromatic rings. The maximum atomic E-state index is 12.0. The van der Waals surface area contributed by atoms with Crippen molar-refractivity contribution in [2.24, 2.45) is 0 Å². The van der Waals surface area contributed by atoms with Gasteiger partial charge in [0.15, 0.2) is 0 Å². The van der Waals surface area contributed by atoms with Gasteiger partial charge in [-0.2, -0.15) is 0 Å². The van der Waals surface area contributed by atoms with Gasteiger partial charge in [0, 0.05) is 26.4 Å². The Morgan fingerprint density at radius 2 is 2.38 bits per heavy atom. The molecule has 2 heterocycles. The molecule has 0 saturated heterocycles. The molecule has 0 aliphatic rings. The summed E-state index contributed by atoms with van der Waals surface area (Å²) in [5, 5.41) is 10.6. The number of aryl methyl sites for hydroxylation is 1. The van der Waals surface area contributed by atoms with Crippen LogP contribution in [-0.2, 0) is 17.8 Å². The van der Waals surface area contributed by atoms with Crippen molar-refractivity contribution in [2.45, 2.75) is 19.4 Å². The lowest BCUT2D eigenvalue weighted by Crippen LogP contribution is -2.26. The summed E-state index contributed by atoms with van der Waals surface area (Å²) in [5.41, 5.74) is 1.05. The number of aliphatic hydroxyl groups excluding tert-OH is 1. The van der Waals surface area contributed by atoms with Gasteiger partial charge in [0.05, 0.1) is 11.1 Å². The molecule has 4 nitrogen and oxygen atoms in total. The van der Waals surface area contributed by atoms with Crippen molar-refractivity contribution in [2.75, 3.05) is 13.7 Å². The number of hydrogen-bond donors (Lipinski definition) is 1. The maximum Gasteiger partial charge on any atom is 0.223 e. The van der Waals surface area contributed by atoms with Crippen LogP contribution in [-0.4, -0.2) is 29.6 Å². The highest BCUT2D eigenvalue weighted by molar-refractivity contribution is 7.10. The number of nitrogens with zero attached hydrogens (tertiary/aromatic N) is 1. The zero-order valence-electron chi connectivity index (χ0n) is 11.8. The van der Waals surface area contributed by atoms with Gasteiger partial charge in [-0.1, -0.05) is 11.8 Å². The largest absolute Gasteiger partial charge is 0.469 e. The predicted molar refractivity (Wildman–Crippen MR) is 81.8 cm³/mol. The zero-order valence-corrected chi connectivity index (χ0v) is 12.7. The molecule has 0 radical (unpaired) electrons. The van der Waals surface area contributed by atoms with Gasteiger partial charge in [-0.25, -0.2) is 0 Å². The van der Waals surface area contributed by atoms with E-state index in [9.17, 15) is 4.79 Å². The van der Waals surface area contributed by atoms with E-state index in [1.54, 1.807) is 18.2 Å². The van der Waals surface area contributed by atoms with Crippen LogP contribution in [0.2, 0.25) is 0 Å². The van der Waals surface area contributed by atoms with E-state index in [4.69, 9.17) is 9.52 Å². The van der Waals surface area contributed by atoms with Gasteiger partial charge >= 0.3 is 0 Å². The standard InChI is InChI=1S/C16H17NO3S/c1-17(16(19)7-6-14-4-3-9-20-14)11-13-10-15(21-12-13)5-2-8-18/h3-4,9-10,12,18H,6-8,11H2,1H3. The molecule has 0 atom stereocenters. The number of amides is 1. The van der Waals surface area contributed by atoms with Gasteiger partial charge in [-0.3, -0.25) is 4.79 Å². The summed E-state index contributed by atoms with van der Waals surface area (Å²) in [5.74, 6) is 6.39. The second kappa shape index (κ2) is 7.67. The first-order valence-electron chi connectivity index (χ1n) is 6.62. The van der Waals surface area contributed by atoms with E-state index < -0.39 is 0 Å². The van der Waals surface area contributed by atoms with Crippen molar-refractivity contribution in [1.82, 2.24) is 4.90 Å². The van der Waals surface area contributed by atoms with Crippen LogP contribution in [0.15, 0.2) is 34.3 Å². The predicted octanol–water partition coefficient (Wildman–Crippen LogP) is 2.28. The third kappa shape index (κ3) is 4.78. The van der Waals surface area contributed by atoms with E-state index in [1.807, 2.05) is 23.6 Å². The lowest BCUT2D eigenvalue weighted by Gasteiger charge is -2.15. The van der Waals surface area contributed by atoms with Crippen LogP contribution in [0, 0.1) is 11.8 Å². The maximum absolute atomic E-state index is 12.0. The van der Waals surface area contributed by atoms with Gasteiger partial charge in [0.1, 0.15) is 12.4 Å². The summed E-state index contributed by atoms with van der Waals surface area (Å²) in [6.07, 6.45) is 2.67. The van der Waals surface area contributed by atoms with Crippen molar-refractivity contribution in [1.29, 1.82) is 0 Å². The Balaban J connectivity index is 1.84. The molecule has 0 saturated carbocycles. The van der Waals surface area contributed by atoms with Gasteiger partial charge < -0.3 is 14.4 Å². The van der Waals surface area contributed by atoms with Crippen molar-refractivity contribution in [3.05, 3.63) is 46.0 Å². The van der Waals surface area contributed by atoms with Gasteiger partial charge in [0.25, 0.3) is 0 Å². The Morgan fingerprint density at radius 1 is 1.52 bits per heavy atom. The molecule has 110 valence electrons. The third-order valence-corrected chi connectivity index (χ3v) is 3.85. The first-order valence-corrected chi connectivity index (χ1v) is 7.50. The van der Waals surface area contributed by atoms with Crippen LogP contribution in [0.1, 0.15) is 22.6 Å². The van der Waals surface area contributed by atoms with Gasteiger partial charge in [0.2, 0.25) is 5.91 Å². The minimum absolute atomic E-state index is 0.0839. The van der Waals surface area contributed by atoms with Gasteiger partial charge in [-0.05, 0) is 29.1 Å². The fraction of sp³-hybridized carbons (Fsp3) is 0.312. The second-order valence-electron chi connectivity index (χ2n) is 4.61. The van der Waals surface area contributed by atoms with Crippen molar-refractivity contribution < 1.29 is 14.3 Å². The number of thiophene rings is 1. The summed E-state index contributed by atoms with van der Waals surface area (Å²) in [4.78, 5) is 14.6. The van der Waals surface area contributed by atoms with E-state index in [0.717, 1.165) is 16.2 Å². The van der Waals surface area contributed by atoms with Crippen LogP contribution in [0.3, 0.4) is 0 Å². The summed E-state index contributed by atoms with van der Waals surface area (Å²) in [6.45, 7) is 0.423. The van der Waals surface area contributed by atoms with Crippen molar-refractivity contribution in [3.63, 3.8) is 0 Å². The lowest BCUT2D eigenvalue weighted by molar-refractivity contribution is -0.130. The van der Waals surface area contributed by atoms with E-state index in [0.29, 0.717) is 19.4 Å². The average Bonchev–Trinajstić information content (AvgIpc) is 3.14. The van der Waals surface area contributed by atoms with Crippen LogP contribution in [0.25, 0.3) is 0 Å². The number of furan rings is 1. The number of rotatable bonds is 5. The first kappa shape index (κ1) is 15.4. The highest BCUT2D eigenvalue weighted by Crippen LogP contribution is 2.15. The van der Waals surface area contributed by atoms with Crippen LogP contribution < -0.4 is 0 Å². The molecular formula is C16H17NO3S. The molecule has 0 spiro atoms. The third-order valence-electron chi connectivity index (χ3n) is 2.96. The van der Waals surface area contributed by atoms with Crippen molar-refractivity contribution >= 4 is 17.2 Å². The van der Waals surface area contributed by atoms with Crippen molar-refractivity contribution in [3.8, 4) is 11.8 Å². The van der Waals surface area contributed by atoms with E-state index in [1.165, 1.54) is 11.3 Å². The summed E-state index contributed by atoms with van der Waals surface area (Å²) in [7, 11) is 1.79. The topological polar surface area (TPSA) is 53.7 Å². The Morgan fingerprint density at radius 3 is 3.10 bits per heavy atom. The number of carbonyl (C=O) groups excluding carboxylic acids is 1. The summed E-state index contributed by atoms with van der Waals surface area (Å²) < 4.78 is 5.22. The summed E-state index contributed by atoms with van der Waals surface area (Å²) in [6, 6.07) is 5.64. The lowest BCUT2D eigenvalue weighted by atomic mass is 10.2. The van der Waals surface area contributed by atoms with Crippen LogP contribution in [0.4, 0.5) is 0 Å². The summed E-state index contributed by atoms with van der Waals surface area (Å²) >= 11 is 1.52. The Kier molecular flexibility index (Phi) is 5.61. The fourth-order valence-corrected chi connectivity index (χ4v) is 2.66. The molecule has 0 aromatic carbocycles. The Labute approximate surface area is 128 Å². The molecule has 2 rings (SSSR count). The smallest absolute Gasteiger partial charge is 0.223 e. The molecule has 1 amide bonds. The normalized spacial score (nSPS) is 10.0. The highest BCUT2D eigenvalue weighted by Gasteiger charge is 2.11. The zero-order chi connectivity index (χ0) is 15.1. The molecule has 21 heavy (non-hydrogen) atoms. The van der Waals surface area contributed by atoms with Crippen LogP contribution in [0.5, 0.6) is 0 Å². The molecular weight excluding hydrogens is 286 g/mol. The molecule has 2 aromatic heterocycles. The van der Waals surface area contributed by atoms with E-state index >= 15 is 0 Å². The molecule has 1 N–H and O–H groups in total. The second-order valence-corrected chi connectivity index (χ2v) is 5.52. The molecule has 5 heteroatoms. The fourth-order valence-electron chi connectivity index (χ4n) is 1.89. The number of hydrogen-bond acceptors (Lipinski definition) is 4. The monoisotopic (exact) mass is 303 g/mol. The molecule has 0 bridgehead atoms. The van der Waals surface area contributed by atoms with E-state index in [2.05, 4.69) is 11.8 Å². The quantitative estimate of drug-likeness (QED) is 0.862. The SMILES string of the molecule is CN(Cc1csc(C#CCO)c1)C(=O)CCc1ccco1. The first-order chi connectivity index (χ1) is 10.2. The Bertz CT molecular complexity index is 634. The van der Waals surface area contributed by atoms with Crippen LogP contribution >= 0.6 is 11.3 Å². The Hall–Kier alpha value is -2.03. The average molecular weight is 303 g/mol. The molecule has 0 unspecified atom stereocenters. The number of carbonyl (C=O) groups is 1. The minimum atomic E-state index is -0.140. The number of aliphatic hydroxyl groups is 1. The van der Waals surface area contributed by atoms with E-state index in [-0.39, 0.29) is 12.5 Å². The molecule has 0 aliphatic carbocycles. The van der Waals surface area contributed by atoms with Gasteiger partial charge in [-0.15, -0.1) is 11.3 Å². The minimum Gasteiger partial charge on any atom is -0.469 e.